The lowest BCUT2D eigenvalue weighted by atomic mass is 10.0. The van der Waals surface area contributed by atoms with E-state index in [0.29, 0.717) is 16.9 Å². The van der Waals surface area contributed by atoms with Crippen molar-refractivity contribution < 1.29 is 4.79 Å². The zero-order chi connectivity index (χ0) is 15.5. The molecule has 0 bridgehead atoms. The number of nitrogens with one attached hydrogen (secondary N) is 3. The van der Waals surface area contributed by atoms with Crippen LogP contribution in [0.25, 0.3) is 11.0 Å². The molecule has 1 aromatic carbocycles. The lowest BCUT2D eigenvalue weighted by Crippen LogP contribution is -2.43. The maximum absolute atomic E-state index is 12.5. The van der Waals surface area contributed by atoms with Crippen LogP contribution in [0.3, 0.4) is 0 Å². The maximum Gasteiger partial charge on any atom is 0.224 e. The van der Waals surface area contributed by atoms with Crippen molar-refractivity contribution in [1.82, 2.24) is 20.6 Å². The third-order valence-electron chi connectivity index (χ3n) is 4.87. The summed E-state index contributed by atoms with van der Waals surface area (Å²) < 4.78 is 0. The number of carbonyl (C=O) groups is 1. The molecule has 116 valence electrons. The number of imidazole rings is 1. The van der Waals surface area contributed by atoms with E-state index in [2.05, 4.69) is 20.6 Å². The average molecular weight is 319 g/mol. The first-order valence-electron chi connectivity index (χ1n) is 7.64. The number of rotatable bonds is 3. The van der Waals surface area contributed by atoms with Crippen molar-refractivity contribution in [2.45, 2.75) is 19.4 Å². The molecule has 6 heteroatoms. The molecule has 1 saturated carbocycles. The summed E-state index contributed by atoms with van der Waals surface area (Å²) in [5.41, 5.74) is 1.21. The van der Waals surface area contributed by atoms with Crippen molar-refractivity contribution in [2.75, 3.05) is 13.1 Å². The normalized spacial score (nSPS) is 27.0. The highest BCUT2D eigenvalue weighted by atomic mass is 35.5. The predicted molar refractivity (Wildman–Crippen MR) is 85.6 cm³/mol. The van der Waals surface area contributed by atoms with Crippen LogP contribution >= 0.6 is 11.6 Å². The smallest absolute Gasteiger partial charge is 0.224 e. The van der Waals surface area contributed by atoms with E-state index in [9.17, 15) is 4.79 Å². The molecule has 2 aliphatic rings. The number of piperidine rings is 1. The standard InChI is InChI=1S/C16H19ClN4O/c1-16(2,21-14(22)13-9-6-18-7-10(9)13)15-19-11-4-3-8(17)5-12(11)20-15/h3-5,9-10,13,18H,6-7H2,1-2H3,(H,19,20)(H,21,22)/t9-,10+,13?. The minimum absolute atomic E-state index is 0.139. The summed E-state index contributed by atoms with van der Waals surface area (Å²) >= 11 is 6.01. The SMILES string of the molecule is CC(C)(NC(=O)C1[C@H]2CNC[C@@H]12)c1nc2ccc(Cl)cc2[nH]1. The number of carbonyl (C=O) groups excluding carboxylic acids is 1. The fourth-order valence-corrected chi connectivity index (χ4v) is 3.71. The number of hydrogen-bond acceptors (Lipinski definition) is 3. The minimum Gasteiger partial charge on any atom is -0.344 e. The second kappa shape index (κ2) is 4.70. The topological polar surface area (TPSA) is 69.8 Å². The molecule has 0 radical (unpaired) electrons. The van der Waals surface area contributed by atoms with Crippen LogP contribution in [-0.2, 0) is 10.3 Å². The summed E-state index contributed by atoms with van der Waals surface area (Å²) in [6.45, 7) is 5.87. The summed E-state index contributed by atoms with van der Waals surface area (Å²) in [5, 5.41) is 7.13. The maximum atomic E-state index is 12.5. The number of nitrogens with zero attached hydrogens (tertiary/aromatic N) is 1. The van der Waals surface area contributed by atoms with Crippen LogP contribution in [-0.4, -0.2) is 29.0 Å². The number of fused-ring (bicyclic) bond motifs is 2. The summed E-state index contributed by atoms with van der Waals surface area (Å²) in [7, 11) is 0. The lowest BCUT2D eigenvalue weighted by Gasteiger charge is -2.24. The number of aromatic nitrogens is 2. The first-order valence-corrected chi connectivity index (χ1v) is 8.02. The zero-order valence-corrected chi connectivity index (χ0v) is 13.4. The molecule has 2 heterocycles. The third-order valence-corrected chi connectivity index (χ3v) is 5.10. The van der Waals surface area contributed by atoms with Gasteiger partial charge < -0.3 is 15.6 Å². The first-order chi connectivity index (χ1) is 10.5. The Bertz CT molecular complexity index is 744. The van der Waals surface area contributed by atoms with Crippen molar-refractivity contribution in [3.8, 4) is 0 Å². The Morgan fingerprint density at radius 3 is 2.82 bits per heavy atom. The monoisotopic (exact) mass is 318 g/mol. The van der Waals surface area contributed by atoms with Gasteiger partial charge in [0.15, 0.2) is 0 Å². The fourth-order valence-electron chi connectivity index (χ4n) is 3.54. The second-order valence-corrected chi connectivity index (χ2v) is 7.31. The average Bonchev–Trinajstić information content (AvgIpc) is 2.83. The molecule has 3 atom stereocenters. The van der Waals surface area contributed by atoms with Gasteiger partial charge in [0.05, 0.1) is 16.6 Å². The van der Waals surface area contributed by atoms with Gasteiger partial charge in [-0.15, -0.1) is 0 Å². The Kier molecular flexibility index (Phi) is 3.00. The van der Waals surface area contributed by atoms with Gasteiger partial charge in [-0.1, -0.05) is 11.6 Å². The van der Waals surface area contributed by atoms with E-state index in [-0.39, 0.29) is 11.8 Å². The van der Waals surface area contributed by atoms with Crippen molar-refractivity contribution in [2.24, 2.45) is 17.8 Å². The van der Waals surface area contributed by atoms with Crippen LogP contribution in [0.5, 0.6) is 0 Å². The molecule has 0 spiro atoms. The van der Waals surface area contributed by atoms with Crippen LogP contribution in [0.1, 0.15) is 19.7 Å². The molecule has 1 aliphatic heterocycles. The highest BCUT2D eigenvalue weighted by molar-refractivity contribution is 6.31. The molecule has 1 aliphatic carbocycles. The molecule has 2 aromatic rings. The Morgan fingerprint density at radius 2 is 2.09 bits per heavy atom. The van der Waals surface area contributed by atoms with Gasteiger partial charge in [0.2, 0.25) is 5.91 Å². The van der Waals surface area contributed by atoms with Crippen molar-refractivity contribution in [3.63, 3.8) is 0 Å². The van der Waals surface area contributed by atoms with Gasteiger partial charge in [-0.25, -0.2) is 4.98 Å². The molecule has 5 nitrogen and oxygen atoms in total. The summed E-state index contributed by atoms with van der Waals surface area (Å²) in [6, 6.07) is 5.55. The molecule has 1 aromatic heterocycles. The number of hydrogen-bond donors (Lipinski definition) is 3. The zero-order valence-electron chi connectivity index (χ0n) is 12.6. The Morgan fingerprint density at radius 1 is 1.36 bits per heavy atom. The van der Waals surface area contributed by atoms with E-state index < -0.39 is 5.54 Å². The van der Waals surface area contributed by atoms with E-state index in [1.807, 2.05) is 32.0 Å². The quantitative estimate of drug-likeness (QED) is 0.811. The first kappa shape index (κ1) is 14.0. The van der Waals surface area contributed by atoms with Gasteiger partial charge in [0, 0.05) is 10.9 Å². The number of halogens is 1. The third kappa shape index (κ3) is 2.20. The number of aromatic amines is 1. The Hall–Kier alpha value is -1.59. The molecular formula is C16H19ClN4O. The second-order valence-electron chi connectivity index (χ2n) is 6.87. The van der Waals surface area contributed by atoms with Crippen LogP contribution in [0.4, 0.5) is 0 Å². The van der Waals surface area contributed by atoms with Crippen LogP contribution < -0.4 is 10.6 Å². The van der Waals surface area contributed by atoms with E-state index in [0.717, 1.165) is 29.9 Å². The van der Waals surface area contributed by atoms with Gasteiger partial charge in [-0.2, -0.15) is 0 Å². The van der Waals surface area contributed by atoms with Gasteiger partial charge >= 0.3 is 0 Å². The van der Waals surface area contributed by atoms with Crippen molar-refractivity contribution in [3.05, 3.63) is 29.0 Å². The largest absolute Gasteiger partial charge is 0.344 e. The highest BCUT2D eigenvalue weighted by Crippen LogP contribution is 2.49. The molecular weight excluding hydrogens is 300 g/mol. The number of H-pyrrole nitrogens is 1. The summed E-state index contributed by atoms with van der Waals surface area (Å²) in [4.78, 5) is 20.3. The van der Waals surface area contributed by atoms with E-state index in [1.54, 1.807) is 0 Å². The van der Waals surface area contributed by atoms with Crippen LogP contribution in [0.2, 0.25) is 5.02 Å². The molecule has 22 heavy (non-hydrogen) atoms. The molecule has 3 N–H and O–H groups in total. The van der Waals surface area contributed by atoms with Gasteiger partial charge in [-0.05, 0) is 57.0 Å². The van der Waals surface area contributed by atoms with Gasteiger partial charge in [0.1, 0.15) is 5.82 Å². The van der Waals surface area contributed by atoms with Gasteiger partial charge in [-0.3, -0.25) is 4.79 Å². The number of benzene rings is 1. The predicted octanol–water partition coefficient (Wildman–Crippen LogP) is 2.03. The molecule has 2 fully saturated rings. The minimum atomic E-state index is -0.535. The molecule has 4 rings (SSSR count). The lowest BCUT2D eigenvalue weighted by molar-refractivity contribution is -0.124. The Labute approximate surface area is 133 Å². The molecule has 1 unspecified atom stereocenters. The fraction of sp³-hybridized carbons (Fsp3) is 0.500. The number of amides is 1. The van der Waals surface area contributed by atoms with Crippen LogP contribution in [0, 0.1) is 17.8 Å². The highest BCUT2D eigenvalue weighted by Gasteiger charge is 2.57. The van der Waals surface area contributed by atoms with Crippen LogP contribution in [0.15, 0.2) is 18.2 Å². The van der Waals surface area contributed by atoms with Gasteiger partial charge in [0.25, 0.3) is 0 Å². The summed E-state index contributed by atoms with van der Waals surface area (Å²) in [5.74, 6) is 2.09. The van der Waals surface area contributed by atoms with Crippen molar-refractivity contribution >= 4 is 28.5 Å². The van der Waals surface area contributed by atoms with E-state index in [1.165, 1.54) is 0 Å². The van der Waals surface area contributed by atoms with Crippen molar-refractivity contribution in [1.29, 1.82) is 0 Å². The van der Waals surface area contributed by atoms with E-state index in [4.69, 9.17) is 11.6 Å². The van der Waals surface area contributed by atoms with E-state index >= 15 is 0 Å². The molecule has 1 amide bonds. The summed E-state index contributed by atoms with van der Waals surface area (Å²) in [6.07, 6.45) is 0. The molecule has 1 saturated heterocycles. The Balaban J connectivity index is 1.55.